The first-order valence-corrected chi connectivity index (χ1v) is 13.6. The van der Waals surface area contributed by atoms with E-state index in [1.54, 1.807) is 18.3 Å². The molecule has 2 fully saturated rings. The Bertz CT molecular complexity index is 1300. The molecule has 8 heteroatoms. The van der Waals surface area contributed by atoms with Crippen LogP contribution in [-0.4, -0.2) is 33.2 Å². The molecule has 2 aromatic carbocycles. The fourth-order valence-electron chi connectivity index (χ4n) is 4.84. The maximum Gasteiger partial charge on any atom is 0.290 e. The van der Waals surface area contributed by atoms with Crippen LogP contribution in [0.5, 0.6) is 0 Å². The molecule has 0 spiro atoms. The summed E-state index contributed by atoms with van der Waals surface area (Å²) in [5.74, 6) is 0.162. The molecule has 2 amide bonds. The number of rotatable bonds is 8. The predicted octanol–water partition coefficient (Wildman–Crippen LogP) is 5.54. The number of hydrogen-bond acceptors (Lipinski definition) is 7. The van der Waals surface area contributed by atoms with Gasteiger partial charge in [0.2, 0.25) is 5.95 Å². The molecule has 0 unspecified atom stereocenters. The number of nitrogens with zero attached hydrogens (tertiary/aromatic N) is 2. The fourth-order valence-corrected chi connectivity index (χ4v) is 5.51. The smallest absolute Gasteiger partial charge is 0.290 e. The van der Waals surface area contributed by atoms with Gasteiger partial charge in [0.1, 0.15) is 0 Å². The Morgan fingerprint density at radius 1 is 1.03 bits per heavy atom. The molecule has 3 aromatic rings. The van der Waals surface area contributed by atoms with Crippen molar-refractivity contribution >= 4 is 34.9 Å². The Labute approximate surface area is 221 Å². The van der Waals surface area contributed by atoms with Crippen LogP contribution in [0.4, 0.5) is 10.7 Å². The largest absolute Gasteiger partial charge is 0.351 e. The fraction of sp³-hybridized carbons (Fsp3) is 0.310. The number of aryl methyl sites for hydroxylation is 1. The average Bonchev–Trinajstić information content (AvgIpc) is 3.24. The van der Waals surface area contributed by atoms with Crippen LogP contribution in [0.3, 0.4) is 0 Å². The van der Waals surface area contributed by atoms with Crippen molar-refractivity contribution in [3.63, 3.8) is 0 Å². The van der Waals surface area contributed by atoms with Crippen molar-refractivity contribution < 1.29 is 9.59 Å². The molecular formula is C29H31N5O2S. The van der Waals surface area contributed by atoms with Gasteiger partial charge in [0, 0.05) is 24.8 Å². The van der Waals surface area contributed by atoms with Gasteiger partial charge in [-0.25, -0.2) is 9.97 Å². The zero-order valence-electron chi connectivity index (χ0n) is 20.9. The molecule has 2 aliphatic rings. The third kappa shape index (κ3) is 6.45. The van der Waals surface area contributed by atoms with Crippen LogP contribution in [0.15, 0.2) is 65.7 Å². The summed E-state index contributed by atoms with van der Waals surface area (Å²) in [6, 6.07) is 20.0. The maximum absolute atomic E-state index is 11.8. The van der Waals surface area contributed by atoms with Gasteiger partial charge >= 0.3 is 0 Å². The Hall–Kier alpha value is -3.49. The lowest BCUT2D eigenvalue weighted by Crippen LogP contribution is -2.37. The van der Waals surface area contributed by atoms with E-state index in [9.17, 15) is 9.59 Å². The number of thioether (sulfide) groups is 1. The van der Waals surface area contributed by atoms with Gasteiger partial charge in [0.25, 0.3) is 11.1 Å². The van der Waals surface area contributed by atoms with Gasteiger partial charge < -0.3 is 10.6 Å². The maximum atomic E-state index is 11.8. The molecule has 37 heavy (non-hydrogen) atoms. The van der Waals surface area contributed by atoms with Crippen molar-refractivity contribution in [2.45, 2.75) is 57.7 Å². The molecule has 1 aliphatic heterocycles. The molecule has 2 heterocycles. The van der Waals surface area contributed by atoms with Crippen LogP contribution < -0.4 is 16.0 Å². The van der Waals surface area contributed by atoms with Crippen molar-refractivity contribution in [2.24, 2.45) is 0 Å². The summed E-state index contributed by atoms with van der Waals surface area (Å²) in [5.41, 5.74) is 5.87. The van der Waals surface area contributed by atoms with Crippen molar-refractivity contribution in [1.82, 2.24) is 20.6 Å². The van der Waals surface area contributed by atoms with E-state index in [2.05, 4.69) is 81.4 Å². The van der Waals surface area contributed by atoms with Crippen molar-refractivity contribution in [2.75, 3.05) is 5.32 Å². The van der Waals surface area contributed by atoms with Crippen LogP contribution >= 0.6 is 11.8 Å². The highest BCUT2D eigenvalue weighted by molar-refractivity contribution is 8.18. The normalized spacial score (nSPS) is 20.7. The summed E-state index contributed by atoms with van der Waals surface area (Å²) >= 11 is 0.888. The summed E-state index contributed by atoms with van der Waals surface area (Å²) in [5, 5.41) is 9.15. The molecule has 1 aliphatic carbocycles. The number of benzene rings is 2. The SMILES string of the molecule is CCc1ccc(CNC2CCC(Nc3nccc(/C=C4\SC(=O)NC4=O)n3)CC2)c(-c2ccccc2)c1. The van der Waals surface area contributed by atoms with Crippen molar-refractivity contribution in [3.8, 4) is 11.1 Å². The van der Waals surface area contributed by atoms with E-state index >= 15 is 0 Å². The third-order valence-electron chi connectivity index (χ3n) is 6.91. The van der Waals surface area contributed by atoms with E-state index in [1.165, 1.54) is 22.3 Å². The minimum absolute atomic E-state index is 0.301. The first-order valence-electron chi connectivity index (χ1n) is 12.8. The van der Waals surface area contributed by atoms with Gasteiger partial charge in [-0.2, -0.15) is 0 Å². The molecule has 3 N–H and O–H groups in total. The molecule has 0 radical (unpaired) electrons. The number of aromatic nitrogens is 2. The summed E-state index contributed by atoms with van der Waals surface area (Å²) in [6.45, 7) is 3.05. The minimum atomic E-state index is -0.383. The van der Waals surface area contributed by atoms with Gasteiger partial charge in [-0.15, -0.1) is 0 Å². The van der Waals surface area contributed by atoms with Crippen LogP contribution in [0.2, 0.25) is 0 Å². The molecule has 1 saturated heterocycles. The standard InChI is InChI=1S/C29H31N5O2S/c1-2-19-8-9-21(25(16-19)20-6-4-3-5-7-20)18-31-22-10-12-23(13-11-22)32-28-30-15-14-24(33-28)17-26-27(35)34-29(36)37-26/h3-9,14-17,22-23,31H,2,10-13,18H2,1H3,(H,30,32,33)(H,34,35,36)/b26-17-. The monoisotopic (exact) mass is 513 g/mol. The van der Waals surface area contributed by atoms with Crippen LogP contribution in [0.1, 0.15) is 49.4 Å². The molecule has 0 bridgehead atoms. The predicted molar refractivity (Wildman–Crippen MR) is 149 cm³/mol. The molecule has 0 atom stereocenters. The van der Waals surface area contributed by atoms with Crippen molar-refractivity contribution in [3.05, 3.63) is 82.5 Å². The number of carbonyl (C=O) groups excluding carboxylic acids is 2. The minimum Gasteiger partial charge on any atom is -0.351 e. The van der Waals surface area contributed by atoms with Gasteiger partial charge in [-0.1, -0.05) is 55.5 Å². The number of carbonyl (C=O) groups is 2. The first-order chi connectivity index (χ1) is 18.1. The zero-order valence-corrected chi connectivity index (χ0v) is 21.7. The van der Waals surface area contributed by atoms with E-state index in [-0.39, 0.29) is 11.1 Å². The van der Waals surface area contributed by atoms with Gasteiger partial charge in [-0.05, 0) is 78.3 Å². The summed E-state index contributed by atoms with van der Waals surface area (Å²) in [4.78, 5) is 32.4. The summed E-state index contributed by atoms with van der Waals surface area (Å²) in [6.07, 6.45) is 8.53. The molecule has 190 valence electrons. The van der Waals surface area contributed by atoms with Crippen LogP contribution in [0, 0.1) is 0 Å². The second-order valence-electron chi connectivity index (χ2n) is 9.44. The number of amides is 2. The number of imide groups is 1. The lowest BCUT2D eigenvalue weighted by molar-refractivity contribution is -0.115. The van der Waals surface area contributed by atoms with Crippen LogP contribution in [0.25, 0.3) is 17.2 Å². The average molecular weight is 514 g/mol. The number of hydrogen-bond donors (Lipinski definition) is 3. The van der Waals surface area contributed by atoms with Gasteiger partial charge in [0.05, 0.1) is 10.6 Å². The van der Waals surface area contributed by atoms with E-state index in [0.717, 1.165) is 50.4 Å². The van der Waals surface area contributed by atoms with E-state index in [1.807, 2.05) is 0 Å². The first kappa shape index (κ1) is 25.2. The molecular weight excluding hydrogens is 482 g/mol. The van der Waals surface area contributed by atoms with Crippen molar-refractivity contribution in [1.29, 1.82) is 0 Å². The molecule has 1 aromatic heterocycles. The molecule has 5 rings (SSSR count). The van der Waals surface area contributed by atoms with Gasteiger partial charge in [-0.3, -0.25) is 14.9 Å². The van der Waals surface area contributed by atoms with Gasteiger partial charge in [0.15, 0.2) is 0 Å². The topological polar surface area (TPSA) is 96.0 Å². The Morgan fingerprint density at radius 2 is 1.81 bits per heavy atom. The Kier molecular flexibility index (Phi) is 7.96. The lowest BCUT2D eigenvalue weighted by Gasteiger charge is -2.30. The number of nitrogens with one attached hydrogen (secondary N) is 3. The third-order valence-corrected chi connectivity index (χ3v) is 7.72. The molecule has 1 saturated carbocycles. The quantitative estimate of drug-likeness (QED) is 0.340. The molecule has 7 nitrogen and oxygen atoms in total. The van der Waals surface area contributed by atoms with E-state index in [0.29, 0.717) is 28.6 Å². The lowest BCUT2D eigenvalue weighted by atomic mass is 9.90. The van der Waals surface area contributed by atoms with E-state index in [4.69, 9.17) is 0 Å². The highest BCUT2D eigenvalue weighted by Gasteiger charge is 2.25. The Balaban J connectivity index is 1.15. The number of anilines is 1. The highest BCUT2D eigenvalue weighted by atomic mass is 32.2. The second-order valence-corrected chi connectivity index (χ2v) is 10.5. The second kappa shape index (κ2) is 11.7. The van der Waals surface area contributed by atoms with E-state index < -0.39 is 0 Å². The zero-order chi connectivity index (χ0) is 25.6. The Morgan fingerprint density at radius 3 is 2.54 bits per heavy atom. The summed E-state index contributed by atoms with van der Waals surface area (Å²) < 4.78 is 0. The highest BCUT2D eigenvalue weighted by Crippen LogP contribution is 2.28. The summed E-state index contributed by atoms with van der Waals surface area (Å²) in [7, 11) is 0. The van der Waals surface area contributed by atoms with Crippen LogP contribution in [-0.2, 0) is 17.8 Å².